The first-order valence-electron chi connectivity index (χ1n) is 10.1. The maximum Gasteiger partial charge on any atom is 0.522 e. The SMILES string of the molecule is COC1c2c(c(=O)[nH]c(=O)n2C2CC2)C=C(F)C1N1CCC(C(N)COC(F)(F)F)C1. The summed E-state index contributed by atoms with van der Waals surface area (Å²) in [6.07, 6.45) is -2.57. The van der Waals surface area contributed by atoms with E-state index in [4.69, 9.17) is 10.5 Å². The second-order valence-electron chi connectivity index (χ2n) is 8.25. The smallest absolute Gasteiger partial charge is 0.373 e. The van der Waals surface area contributed by atoms with Crippen molar-refractivity contribution in [2.75, 3.05) is 26.8 Å². The molecule has 8 nitrogen and oxygen atoms in total. The van der Waals surface area contributed by atoms with Crippen LogP contribution in [0.1, 0.15) is 42.7 Å². The number of nitrogens with two attached hydrogens (primary N) is 1. The van der Waals surface area contributed by atoms with Crippen LogP contribution in [-0.2, 0) is 9.47 Å². The number of hydrogen-bond acceptors (Lipinski definition) is 6. The van der Waals surface area contributed by atoms with E-state index >= 15 is 4.39 Å². The van der Waals surface area contributed by atoms with Gasteiger partial charge in [0.15, 0.2) is 0 Å². The van der Waals surface area contributed by atoms with E-state index in [9.17, 15) is 22.8 Å². The molecule has 3 N–H and O–H groups in total. The largest absolute Gasteiger partial charge is 0.522 e. The number of methoxy groups -OCH3 is 1. The fourth-order valence-corrected chi connectivity index (χ4v) is 4.57. The summed E-state index contributed by atoms with van der Waals surface area (Å²) in [5.74, 6) is -0.939. The second-order valence-corrected chi connectivity index (χ2v) is 8.25. The average Bonchev–Trinajstić information content (AvgIpc) is 3.40. The van der Waals surface area contributed by atoms with Gasteiger partial charge in [-0.3, -0.25) is 24.0 Å². The summed E-state index contributed by atoms with van der Waals surface area (Å²) in [5, 5.41) is 0. The molecule has 2 heterocycles. The van der Waals surface area contributed by atoms with Gasteiger partial charge in [-0.25, -0.2) is 9.18 Å². The number of H-pyrrole nitrogens is 1. The first kappa shape index (κ1) is 22.2. The molecule has 31 heavy (non-hydrogen) atoms. The molecule has 0 aromatic carbocycles. The van der Waals surface area contributed by atoms with E-state index in [0.717, 1.165) is 18.9 Å². The summed E-state index contributed by atoms with van der Waals surface area (Å²) < 4.78 is 63.0. The van der Waals surface area contributed by atoms with Gasteiger partial charge < -0.3 is 10.5 Å². The van der Waals surface area contributed by atoms with Crippen LogP contribution in [0.25, 0.3) is 6.08 Å². The number of rotatable bonds is 6. The molecular weight excluding hydrogens is 424 g/mol. The molecule has 172 valence electrons. The average molecular weight is 448 g/mol. The lowest BCUT2D eigenvalue weighted by Crippen LogP contribution is -2.47. The molecule has 1 aromatic heterocycles. The molecule has 3 aliphatic rings. The maximum atomic E-state index is 15.2. The van der Waals surface area contributed by atoms with E-state index in [0.29, 0.717) is 18.7 Å². The van der Waals surface area contributed by atoms with Gasteiger partial charge in [0.25, 0.3) is 5.56 Å². The van der Waals surface area contributed by atoms with Crippen LogP contribution >= 0.6 is 0 Å². The third kappa shape index (κ3) is 4.34. The number of nitrogens with zero attached hydrogens (tertiary/aromatic N) is 2. The lowest BCUT2D eigenvalue weighted by Gasteiger charge is -2.37. The Labute approximate surface area is 174 Å². The molecule has 1 saturated heterocycles. The minimum Gasteiger partial charge on any atom is -0.373 e. The van der Waals surface area contributed by atoms with Gasteiger partial charge in [-0.05, 0) is 37.8 Å². The van der Waals surface area contributed by atoms with Crippen LogP contribution in [0.5, 0.6) is 0 Å². The topological polar surface area (TPSA) is 103 Å². The van der Waals surface area contributed by atoms with E-state index < -0.39 is 48.2 Å². The van der Waals surface area contributed by atoms with Crippen LogP contribution in [0.3, 0.4) is 0 Å². The highest BCUT2D eigenvalue weighted by Crippen LogP contribution is 2.42. The van der Waals surface area contributed by atoms with E-state index in [1.165, 1.54) is 11.7 Å². The monoisotopic (exact) mass is 448 g/mol. The standard InChI is InChI=1S/C19H24F4N4O4/c1-30-16-14-11(17(28)25-18(29)27(14)10-2-3-10)6-12(20)15(16)26-5-4-9(7-26)13(24)8-31-19(21,22)23/h6,9-10,13,15-16H,2-5,7-8,24H2,1H3,(H,25,28,29). The van der Waals surface area contributed by atoms with Gasteiger partial charge in [0.1, 0.15) is 11.9 Å². The molecule has 1 saturated carbocycles. The quantitative estimate of drug-likeness (QED) is 0.639. The molecule has 0 radical (unpaired) electrons. The van der Waals surface area contributed by atoms with Gasteiger partial charge in [-0.2, -0.15) is 0 Å². The van der Waals surface area contributed by atoms with Crippen molar-refractivity contribution in [2.45, 2.75) is 49.9 Å². The highest BCUT2D eigenvalue weighted by Gasteiger charge is 2.45. The Balaban J connectivity index is 1.60. The summed E-state index contributed by atoms with van der Waals surface area (Å²) >= 11 is 0. The van der Waals surface area contributed by atoms with Crippen molar-refractivity contribution in [1.82, 2.24) is 14.5 Å². The summed E-state index contributed by atoms with van der Waals surface area (Å²) in [7, 11) is 1.37. The van der Waals surface area contributed by atoms with Gasteiger partial charge in [-0.15, -0.1) is 13.2 Å². The molecule has 0 bridgehead atoms. The van der Waals surface area contributed by atoms with Gasteiger partial charge in [0.05, 0.1) is 23.9 Å². The van der Waals surface area contributed by atoms with Crippen LogP contribution < -0.4 is 17.0 Å². The molecule has 2 fully saturated rings. The Morgan fingerprint density at radius 2 is 2.00 bits per heavy atom. The zero-order valence-corrected chi connectivity index (χ0v) is 16.8. The molecule has 12 heteroatoms. The number of aromatic nitrogens is 2. The summed E-state index contributed by atoms with van der Waals surface area (Å²) in [4.78, 5) is 28.8. The van der Waals surface area contributed by atoms with Crippen molar-refractivity contribution in [3.63, 3.8) is 0 Å². The van der Waals surface area contributed by atoms with E-state index in [2.05, 4.69) is 9.72 Å². The Morgan fingerprint density at radius 3 is 2.61 bits per heavy atom. The fraction of sp³-hybridized carbons (Fsp3) is 0.684. The number of nitrogens with one attached hydrogen (secondary N) is 1. The molecule has 4 unspecified atom stereocenters. The normalized spacial score (nSPS) is 27.8. The predicted molar refractivity (Wildman–Crippen MR) is 102 cm³/mol. The molecule has 0 spiro atoms. The second kappa shape index (κ2) is 8.15. The van der Waals surface area contributed by atoms with Crippen molar-refractivity contribution >= 4 is 6.08 Å². The van der Waals surface area contributed by atoms with Crippen LogP contribution in [0.4, 0.5) is 17.6 Å². The lowest BCUT2D eigenvalue weighted by atomic mass is 9.93. The van der Waals surface area contributed by atoms with Crippen molar-refractivity contribution in [2.24, 2.45) is 11.7 Å². The molecule has 1 aliphatic heterocycles. The summed E-state index contributed by atoms with van der Waals surface area (Å²) in [5.41, 5.74) is 5.03. The third-order valence-electron chi connectivity index (χ3n) is 6.20. The van der Waals surface area contributed by atoms with E-state index in [-0.39, 0.29) is 24.1 Å². The van der Waals surface area contributed by atoms with Crippen LogP contribution in [0.15, 0.2) is 15.4 Å². The van der Waals surface area contributed by atoms with E-state index in [1.54, 1.807) is 4.90 Å². The van der Waals surface area contributed by atoms with Crippen molar-refractivity contribution in [3.05, 3.63) is 37.9 Å². The molecule has 4 atom stereocenters. The Bertz CT molecular complexity index is 985. The van der Waals surface area contributed by atoms with Crippen molar-refractivity contribution in [3.8, 4) is 0 Å². The minimum atomic E-state index is -4.77. The Hall–Kier alpha value is -2.02. The number of halogens is 4. The van der Waals surface area contributed by atoms with Gasteiger partial charge in [0.2, 0.25) is 0 Å². The predicted octanol–water partition coefficient (Wildman–Crippen LogP) is 1.44. The summed E-state index contributed by atoms with van der Waals surface area (Å²) in [6.45, 7) is -0.0686. The fourth-order valence-electron chi connectivity index (χ4n) is 4.57. The van der Waals surface area contributed by atoms with Gasteiger partial charge in [-0.1, -0.05) is 0 Å². The first-order chi connectivity index (χ1) is 14.6. The van der Waals surface area contributed by atoms with Gasteiger partial charge >= 0.3 is 12.1 Å². The number of alkyl halides is 3. The Kier molecular flexibility index (Phi) is 5.83. The summed E-state index contributed by atoms with van der Waals surface area (Å²) in [6, 6.07) is -1.86. The number of likely N-dealkylation sites (tertiary alicyclic amines) is 1. The number of aromatic amines is 1. The highest BCUT2D eigenvalue weighted by atomic mass is 19.4. The van der Waals surface area contributed by atoms with Crippen molar-refractivity contribution in [1.29, 1.82) is 0 Å². The zero-order chi connectivity index (χ0) is 22.5. The number of hydrogen-bond donors (Lipinski definition) is 2. The molecule has 4 rings (SSSR count). The zero-order valence-electron chi connectivity index (χ0n) is 16.8. The molecule has 0 amide bonds. The number of fused-ring (bicyclic) bond motifs is 1. The molecule has 1 aromatic rings. The van der Waals surface area contributed by atoms with Crippen molar-refractivity contribution < 1.29 is 27.0 Å². The third-order valence-corrected chi connectivity index (χ3v) is 6.20. The Morgan fingerprint density at radius 1 is 1.29 bits per heavy atom. The minimum absolute atomic E-state index is 0.0538. The first-order valence-corrected chi connectivity index (χ1v) is 10.1. The van der Waals surface area contributed by atoms with Crippen LogP contribution in [-0.4, -0.2) is 59.7 Å². The van der Waals surface area contributed by atoms with E-state index in [1.807, 2.05) is 0 Å². The van der Waals surface area contributed by atoms with Crippen LogP contribution in [0, 0.1) is 5.92 Å². The highest BCUT2D eigenvalue weighted by molar-refractivity contribution is 5.58. The lowest BCUT2D eigenvalue weighted by molar-refractivity contribution is -0.326. The maximum absolute atomic E-state index is 15.2. The molecular formula is C19H24F4N4O4. The molecule has 2 aliphatic carbocycles. The van der Waals surface area contributed by atoms with Gasteiger partial charge in [0, 0.05) is 25.7 Å². The number of ether oxygens (including phenoxy) is 2. The van der Waals surface area contributed by atoms with Crippen LogP contribution in [0.2, 0.25) is 0 Å².